The van der Waals surface area contributed by atoms with Gasteiger partial charge in [-0.25, -0.2) is 0 Å². The van der Waals surface area contributed by atoms with Crippen LogP contribution in [0.25, 0.3) is 0 Å². The van der Waals surface area contributed by atoms with Crippen molar-refractivity contribution in [3.8, 4) is 0 Å². The van der Waals surface area contributed by atoms with Crippen LogP contribution in [0.1, 0.15) is 21.5 Å². The number of rotatable bonds is 5. The summed E-state index contributed by atoms with van der Waals surface area (Å²) < 4.78 is 4.99. The number of carbonyl (C=O) groups excluding carboxylic acids is 3. The zero-order valence-corrected chi connectivity index (χ0v) is 14.3. The van der Waals surface area contributed by atoms with E-state index in [0.717, 1.165) is 12.0 Å². The summed E-state index contributed by atoms with van der Waals surface area (Å²) in [6.45, 7) is 0.543. The SMILES string of the molecule is O=C(CNC(=O)c1ccccc1)OCC(=O)N1CCc2ccccc2C1. The number of hydrogen-bond donors (Lipinski definition) is 1. The van der Waals surface area contributed by atoms with Gasteiger partial charge in [0.25, 0.3) is 11.8 Å². The Morgan fingerprint density at radius 1 is 0.962 bits per heavy atom. The highest BCUT2D eigenvalue weighted by molar-refractivity contribution is 5.96. The van der Waals surface area contributed by atoms with E-state index in [1.807, 2.05) is 18.2 Å². The van der Waals surface area contributed by atoms with Crippen LogP contribution in [0.4, 0.5) is 0 Å². The molecule has 26 heavy (non-hydrogen) atoms. The molecule has 0 radical (unpaired) electrons. The van der Waals surface area contributed by atoms with E-state index in [2.05, 4.69) is 11.4 Å². The summed E-state index contributed by atoms with van der Waals surface area (Å²) in [6.07, 6.45) is 0.795. The largest absolute Gasteiger partial charge is 0.454 e. The van der Waals surface area contributed by atoms with Crippen LogP contribution < -0.4 is 5.32 Å². The van der Waals surface area contributed by atoms with Gasteiger partial charge in [0.2, 0.25) is 0 Å². The van der Waals surface area contributed by atoms with Crippen molar-refractivity contribution in [1.82, 2.24) is 10.2 Å². The number of benzene rings is 2. The molecule has 0 fully saturated rings. The van der Waals surface area contributed by atoms with Gasteiger partial charge < -0.3 is 15.0 Å². The first kappa shape index (κ1) is 17.7. The number of nitrogens with zero attached hydrogens (tertiary/aromatic N) is 1. The molecule has 2 amide bonds. The average Bonchev–Trinajstić information content (AvgIpc) is 2.70. The van der Waals surface area contributed by atoms with Crippen molar-refractivity contribution in [2.75, 3.05) is 19.7 Å². The molecule has 0 bridgehead atoms. The Bertz CT molecular complexity index is 804. The summed E-state index contributed by atoms with van der Waals surface area (Å²) in [5.41, 5.74) is 2.83. The van der Waals surface area contributed by atoms with Gasteiger partial charge in [-0.3, -0.25) is 14.4 Å². The monoisotopic (exact) mass is 352 g/mol. The van der Waals surface area contributed by atoms with E-state index in [1.54, 1.807) is 35.2 Å². The van der Waals surface area contributed by atoms with Crippen LogP contribution in [-0.4, -0.2) is 42.4 Å². The van der Waals surface area contributed by atoms with Gasteiger partial charge >= 0.3 is 5.97 Å². The van der Waals surface area contributed by atoms with Crippen LogP contribution in [0.15, 0.2) is 54.6 Å². The second-order valence-electron chi connectivity index (χ2n) is 6.04. The maximum absolute atomic E-state index is 12.2. The molecule has 1 aliphatic heterocycles. The van der Waals surface area contributed by atoms with E-state index in [-0.39, 0.29) is 25.0 Å². The van der Waals surface area contributed by atoms with Gasteiger partial charge in [-0.2, -0.15) is 0 Å². The fraction of sp³-hybridized carbons (Fsp3) is 0.250. The fourth-order valence-corrected chi connectivity index (χ4v) is 2.84. The van der Waals surface area contributed by atoms with Gasteiger partial charge in [0.1, 0.15) is 6.54 Å². The normalized spacial score (nSPS) is 12.8. The zero-order valence-electron chi connectivity index (χ0n) is 14.3. The molecule has 2 aromatic rings. The molecular formula is C20H20N2O4. The Morgan fingerprint density at radius 2 is 1.65 bits per heavy atom. The third kappa shape index (κ3) is 4.47. The number of hydrogen-bond acceptors (Lipinski definition) is 4. The van der Waals surface area contributed by atoms with Crippen LogP contribution in [0.5, 0.6) is 0 Å². The van der Waals surface area contributed by atoms with Crippen LogP contribution in [0, 0.1) is 0 Å². The van der Waals surface area contributed by atoms with E-state index in [1.165, 1.54) is 5.56 Å². The third-order valence-corrected chi connectivity index (χ3v) is 4.27. The molecule has 0 saturated carbocycles. The van der Waals surface area contributed by atoms with Crippen LogP contribution in [0.2, 0.25) is 0 Å². The molecule has 3 rings (SSSR count). The molecule has 134 valence electrons. The first-order valence-electron chi connectivity index (χ1n) is 8.47. The van der Waals surface area contributed by atoms with Crippen molar-refractivity contribution in [2.45, 2.75) is 13.0 Å². The maximum atomic E-state index is 12.2. The summed E-state index contributed by atoms with van der Waals surface area (Å²) >= 11 is 0. The second kappa shape index (κ2) is 8.29. The first-order chi connectivity index (χ1) is 12.6. The lowest BCUT2D eigenvalue weighted by atomic mass is 10.00. The van der Waals surface area contributed by atoms with Gasteiger partial charge in [-0.1, -0.05) is 42.5 Å². The minimum atomic E-state index is -0.639. The third-order valence-electron chi connectivity index (χ3n) is 4.27. The Balaban J connectivity index is 1.42. The molecule has 0 aliphatic carbocycles. The van der Waals surface area contributed by atoms with E-state index < -0.39 is 5.97 Å². The smallest absolute Gasteiger partial charge is 0.325 e. The van der Waals surface area contributed by atoms with Gasteiger partial charge in [0.15, 0.2) is 6.61 Å². The molecule has 1 aliphatic rings. The Morgan fingerprint density at radius 3 is 2.42 bits per heavy atom. The molecule has 0 atom stereocenters. The van der Waals surface area contributed by atoms with E-state index >= 15 is 0 Å². The van der Waals surface area contributed by atoms with Crippen molar-refractivity contribution in [3.05, 3.63) is 71.3 Å². The Kier molecular flexibility index (Phi) is 5.63. The topological polar surface area (TPSA) is 75.7 Å². The predicted octanol–water partition coefficient (Wildman–Crippen LogP) is 1.54. The summed E-state index contributed by atoms with van der Waals surface area (Å²) in [4.78, 5) is 37.5. The highest BCUT2D eigenvalue weighted by Crippen LogP contribution is 2.18. The van der Waals surface area contributed by atoms with Crippen molar-refractivity contribution >= 4 is 17.8 Å². The van der Waals surface area contributed by atoms with Crippen molar-refractivity contribution in [2.24, 2.45) is 0 Å². The van der Waals surface area contributed by atoms with Crippen LogP contribution >= 0.6 is 0 Å². The number of nitrogens with one attached hydrogen (secondary N) is 1. The van der Waals surface area contributed by atoms with Crippen molar-refractivity contribution in [3.63, 3.8) is 0 Å². The van der Waals surface area contributed by atoms with Gasteiger partial charge in [-0.05, 0) is 29.7 Å². The van der Waals surface area contributed by atoms with E-state index in [4.69, 9.17) is 4.74 Å². The number of fused-ring (bicyclic) bond motifs is 1. The highest BCUT2D eigenvalue weighted by atomic mass is 16.5. The average molecular weight is 352 g/mol. The van der Waals surface area contributed by atoms with Crippen molar-refractivity contribution in [1.29, 1.82) is 0 Å². The lowest BCUT2D eigenvalue weighted by Crippen LogP contribution is -2.39. The number of amides is 2. The predicted molar refractivity (Wildman–Crippen MR) is 95.3 cm³/mol. The summed E-state index contributed by atoms with van der Waals surface area (Å²) in [5.74, 6) is -1.23. The van der Waals surface area contributed by atoms with E-state index in [0.29, 0.717) is 18.7 Å². The van der Waals surface area contributed by atoms with Crippen LogP contribution in [-0.2, 0) is 27.3 Å². The van der Waals surface area contributed by atoms with Crippen molar-refractivity contribution < 1.29 is 19.1 Å². The number of carbonyl (C=O) groups is 3. The molecule has 0 unspecified atom stereocenters. The zero-order chi connectivity index (χ0) is 18.4. The Hall–Kier alpha value is -3.15. The quantitative estimate of drug-likeness (QED) is 0.829. The molecule has 0 saturated heterocycles. The second-order valence-corrected chi connectivity index (χ2v) is 6.04. The lowest BCUT2D eigenvalue weighted by Gasteiger charge is -2.28. The van der Waals surface area contributed by atoms with Gasteiger partial charge in [-0.15, -0.1) is 0 Å². The molecular weight excluding hydrogens is 332 g/mol. The van der Waals surface area contributed by atoms with Gasteiger partial charge in [0, 0.05) is 18.7 Å². The molecule has 2 aromatic carbocycles. The minimum absolute atomic E-state index is 0.234. The molecule has 1 heterocycles. The Labute approximate surface area is 151 Å². The number of esters is 1. The van der Waals surface area contributed by atoms with Crippen LogP contribution in [0.3, 0.4) is 0 Å². The van der Waals surface area contributed by atoms with E-state index in [9.17, 15) is 14.4 Å². The molecule has 6 heteroatoms. The molecule has 1 N–H and O–H groups in total. The molecule has 0 aromatic heterocycles. The van der Waals surface area contributed by atoms with Gasteiger partial charge in [0.05, 0.1) is 0 Å². The summed E-state index contributed by atoms with van der Waals surface area (Å²) in [5, 5.41) is 2.48. The standard InChI is InChI=1S/C20H20N2O4/c23-18(22-11-10-15-6-4-5-9-17(15)13-22)14-26-19(24)12-21-20(25)16-7-2-1-3-8-16/h1-9H,10-14H2,(H,21,25). The summed E-state index contributed by atoms with van der Waals surface area (Å²) in [7, 11) is 0. The first-order valence-corrected chi connectivity index (χ1v) is 8.47. The molecule has 6 nitrogen and oxygen atoms in total. The molecule has 0 spiro atoms. The maximum Gasteiger partial charge on any atom is 0.325 e. The summed E-state index contributed by atoms with van der Waals surface area (Å²) in [6, 6.07) is 16.6. The highest BCUT2D eigenvalue weighted by Gasteiger charge is 2.21. The minimum Gasteiger partial charge on any atom is -0.454 e. The lowest BCUT2D eigenvalue weighted by molar-refractivity contribution is -0.151. The fourth-order valence-electron chi connectivity index (χ4n) is 2.84. The number of ether oxygens (including phenoxy) is 1.